The summed E-state index contributed by atoms with van der Waals surface area (Å²) in [4.78, 5) is 13.2. The zero-order valence-corrected chi connectivity index (χ0v) is 47.9. The number of aliphatic hydroxyl groups excluding tert-OH is 8. The zero-order valence-electron chi connectivity index (χ0n) is 47.9. The average Bonchev–Trinajstić information content (AvgIpc) is 3.47. The highest BCUT2D eigenvalue weighted by Crippen LogP contribution is 2.30. The molecule has 2 saturated heterocycles. The van der Waals surface area contributed by atoms with Gasteiger partial charge in [0, 0.05) is 6.42 Å². The van der Waals surface area contributed by atoms with Crippen molar-refractivity contribution < 1.29 is 64.6 Å². The molecule has 2 aliphatic heterocycles. The van der Waals surface area contributed by atoms with E-state index in [-0.39, 0.29) is 18.9 Å². The lowest BCUT2D eigenvalue weighted by molar-refractivity contribution is -0.359. The summed E-state index contributed by atoms with van der Waals surface area (Å²) in [5.74, 6) is -0.261. The number of carbonyl (C=O) groups excluding carboxylic acids is 1. The molecular weight excluding hydrogens is 991 g/mol. The Morgan fingerprint density at radius 3 is 1.41 bits per heavy atom. The van der Waals surface area contributed by atoms with E-state index >= 15 is 0 Å². The SMILES string of the molecule is C/C=C/CC/C=C/CC/C=C/C(O)C(COC1OC(CO)C(OC2OC(CO)C(O)C(O)C2O)C(O)C1O)NC(=O)CCCCCCCCCCCCCCCCCC/C=C\C/C=C\C/C=C\C/C=C\C/C=C\C/C=C\CC. The lowest BCUT2D eigenvalue weighted by Crippen LogP contribution is -2.65. The minimum Gasteiger partial charge on any atom is -0.394 e. The first-order valence-corrected chi connectivity index (χ1v) is 30.1. The molecule has 2 aliphatic rings. The highest BCUT2D eigenvalue weighted by atomic mass is 16.7. The van der Waals surface area contributed by atoms with Crippen molar-refractivity contribution in [3.05, 3.63) is 109 Å². The van der Waals surface area contributed by atoms with Crippen LogP contribution in [0.5, 0.6) is 0 Å². The number of nitrogens with one attached hydrogen (secondary N) is 1. The van der Waals surface area contributed by atoms with Crippen LogP contribution in [0.2, 0.25) is 0 Å². The van der Waals surface area contributed by atoms with Crippen molar-refractivity contribution >= 4 is 5.91 Å². The summed E-state index contributed by atoms with van der Waals surface area (Å²) in [5.41, 5.74) is 0. The van der Waals surface area contributed by atoms with Gasteiger partial charge >= 0.3 is 0 Å². The molecule has 0 aromatic heterocycles. The van der Waals surface area contributed by atoms with Gasteiger partial charge in [-0.15, -0.1) is 0 Å². The second-order valence-electron chi connectivity index (χ2n) is 20.7. The van der Waals surface area contributed by atoms with Gasteiger partial charge < -0.3 is 65.1 Å². The minimum absolute atomic E-state index is 0.261. The van der Waals surface area contributed by atoms with Crippen molar-refractivity contribution in [1.82, 2.24) is 5.32 Å². The van der Waals surface area contributed by atoms with Gasteiger partial charge in [0.2, 0.25) is 5.91 Å². The molecular formula is C64H107NO13. The summed E-state index contributed by atoms with van der Waals surface area (Å²) >= 11 is 0. The predicted molar refractivity (Wildman–Crippen MR) is 313 cm³/mol. The highest BCUT2D eigenvalue weighted by molar-refractivity contribution is 5.76. The lowest BCUT2D eigenvalue weighted by atomic mass is 9.97. The van der Waals surface area contributed by atoms with Crippen LogP contribution in [0.25, 0.3) is 0 Å². The van der Waals surface area contributed by atoms with Crippen LogP contribution in [-0.2, 0) is 23.7 Å². The summed E-state index contributed by atoms with van der Waals surface area (Å²) in [6.45, 7) is 2.40. The van der Waals surface area contributed by atoms with E-state index in [4.69, 9.17) is 18.9 Å². The third-order valence-electron chi connectivity index (χ3n) is 14.0. The Balaban J connectivity index is 1.60. The third kappa shape index (κ3) is 33.4. The molecule has 2 heterocycles. The summed E-state index contributed by atoms with van der Waals surface area (Å²) < 4.78 is 22.7. The number of amides is 1. The molecule has 1 amide bonds. The predicted octanol–water partition coefficient (Wildman–Crippen LogP) is 10.4. The number of allylic oxidation sites excluding steroid dienone is 17. The van der Waals surface area contributed by atoms with E-state index in [1.165, 1.54) is 83.5 Å². The molecule has 14 heteroatoms. The number of rotatable bonds is 46. The quantitative estimate of drug-likeness (QED) is 0.0204. The van der Waals surface area contributed by atoms with Crippen molar-refractivity contribution in [1.29, 1.82) is 0 Å². The zero-order chi connectivity index (χ0) is 56.7. The van der Waals surface area contributed by atoms with E-state index in [1.54, 1.807) is 6.08 Å². The first kappa shape index (κ1) is 70.8. The van der Waals surface area contributed by atoms with Gasteiger partial charge in [-0.25, -0.2) is 0 Å². The standard InChI is InChI=1S/C64H107NO13/c1-3-5-7-9-11-13-14-15-16-17-18-19-20-21-22-23-24-25-26-27-28-29-30-31-32-33-34-35-36-37-38-40-42-44-46-48-56(69)65-52(53(68)47-45-43-41-39-12-10-8-6-4-2)51-75-63-61(74)59(72)62(55(50-67)77-63)78-64-60(73)58(71)57(70)54(49-66)76-64/h4-7,11-13,15-16,18-19,21-22,24-25,39,45,47,52-55,57-64,66-68,70-74H,3,8-10,14,17,20,23,26-38,40-44,46,48-51H2,1-2H3,(H,65,69)/b6-4+,7-5-,13-11-,16-15-,19-18-,22-21-,25-24-,39-12+,47-45+. The average molecular weight is 1100 g/mol. The van der Waals surface area contributed by atoms with E-state index in [2.05, 4.69) is 103 Å². The Kier molecular flexibility index (Phi) is 43.9. The Morgan fingerprint density at radius 1 is 0.487 bits per heavy atom. The maximum absolute atomic E-state index is 13.2. The Morgan fingerprint density at radius 2 is 0.910 bits per heavy atom. The monoisotopic (exact) mass is 1100 g/mol. The minimum atomic E-state index is -1.79. The second-order valence-corrected chi connectivity index (χ2v) is 20.7. The Hall–Kier alpha value is -3.35. The number of aliphatic hydroxyl groups is 8. The largest absolute Gasteiger partial charge is 0.394 e. The first-order valence-electron chi connectivity index (χ1n) is 30.1. The molecule has 446 valence electrons. The summed E-state index contributed by atoms with van der Waals surface area (Å²) in [5, 5.41) is 86.7. The molecule has 12 atom stereocenters. The van der Waals surface area contributed by atoms with Gasteiger partial charge in [-0.2, -0.15) is 0 Å². The van der Waals surface area contributed by atoms with Crippen LogP contribution in [0.15, 0.2) is 109 Å². The maximum Gasteiger partial charge on any atom is 0.220 e. The van der Waals surface area contributed by atoms with E-state index in [0.717, 1.165) is 77.0 Å². The molecule has 0 aromatic carbocycles. The van der Waals surface area contributed by atoms with E-state index in [9.17, 15) is 45.6 Å². The van der Waals surface area contributed by atoms with Gasteiger partial charge in [0.15, 0.2) is 12.6 Å². The molecule has 2 fully saturated rings. The van der Waals surface area contributed by atoms with Crippen LogP contribution in [0.3, 0.4) is 0 Å². The molecule has 0 saturated carbocycles. The first-order chi connectivity index (χ1) is 38.1. The van der Waals surface area contributed by atoms with Crippen LogP contribution >= 0.6 is 0 Å². The fraction of sp³-hybridized carbons (Fsp3) is 0.703. The van der Waals surface area contributed by atoms with Crippen molar-refractivity contribution in [2.24, 2.45) is 0 Å². The van der Waals surface area contributed by atoms with Crippen LogP contribution in [0.1, 0.15) is 194 Å². The third-order valence-corrected chi connectivity index (χ3v) is 14.0. The molecule has 0 aliphatic carbocycles. The van der Waals surface area contributed by atoms with Gasteiger partial charge in [-0.3, -0.25) is 4.79 Å². The van der Waals surface area contributed by atoms with Crippen LogP contribution in [-0.4, -0.2) is 140 Å². The molecule has 0 bridgehead atoms. The van der Waals surface area contributed by atoms with Crippen molar-refractivity contribution in [2.75, 3.05) is 19.8 Å². The highest BCUT2D eigenvalue weighted by Gasteiger charge is 2.51. The van der Waals surface area contributed by atoms with Crippen LogP contribution < -0.4 is 5.32 Å². The van der Waals surface area contributed by atoms with Crippen molar-refractivity contribution in [2.45, 2.75) is 267 Å². The van der Waals surface area contributed by atoms with Crippen LogP contribution in [0, 0.1) is 0 Å². The molecule has 0 spiro atoms. The normalized spacial score (nSPS) is 25.4. The molecule has 0 radical (unpaired) electrons. The van der Waals surface area contributed by atoms with Gasteiger partial charge in [0.05, 0.1) is 32.0 Å². The number of unbranched alkanes of at least 4 members (excludes halogenated alkanes) is 18. The fourth-order valence-corrected chi connectivity index (χ4v) is 9.22. The van der Waals surface area contributed by atoms with Crippen molar-refractivity contribution in [3.8, 4) is 0 Å². The molecule has 0 aromatic rings. The van der Waals surface area contributed by atoms with Crippen LogP contribution in [0.4, 0.5) is 0 Å². The van der Waals surface area contributed by atoms with Gasteiger partial charge in [0.1, 0.15) is 48.8 Å². The Bertz CT molecular complexity index is 1720. The molecule has 78 heavy (non-hydrogen) atoms. The van der Waals surface area contributed by atoms with Gasteiger partial charge in [-0.05, 0) is 90.4 Å². The summed E-state index contributed by atoms with van der Waals surface area (Å²) in [6.07, 6.45) is 51.9. The maximum atomic E-state index is 13.2. The van der Waals surface area contributed by atoms with E-state index in [0.29, 0.717) is 12.8 Å². The number of hydrogen-bond donors (Lipinski definition) is 9. The van der Waals surface area contributed by atoms with E-state index < -0.39 is 86.8 Å². The topological polar surface area (TPSA) is 228 Å². The second kappa shape index (κ2) is 48.4. The fourth-order valence-electron chi connectivity index (χ4n) is 9.22. The van der Waals surface area contributed by atoms with Crippen molar-refractivity contribution in [3.63, 3.8) is 0 Å². The number of ether oxygens (including phenoxy) is 4. The Labute approximate surface area is 470 Å². The summed E-state index contributed by atoms with van der Waals surface area (Å²) in [7, 11) is 0. The summed E-state index contributed by atoms with van der Waals surface area (Å²) in [6, 6.07) is -0.941. The lowest BCUT2D eigenvalue weighted by Gasteiger charge is -2.46. The van der Waals surface area contributed by atoms with Gasteiger partial charge in [-0.1, -0.05) is 206 Å². The molecule has 12 unspecified atom stereocenters. The molecule has 14 nitrogen and oxygen atoms in total. The number of carbonyl (C=O) groups is 1. The molecule has 9 N–H and O–H groups in total. The number of hydrogen-bond acceptors (Lipinski definition) is 13. The van der Waals surface area contributed by atoms with Gasteiger partial charge in [0.25, 0.3) is 0 Å². The smallest absolute Gasteiger partial charge is 0.220 e. The molecule has 2 rings (SSSR count). The van der Waals surface area contributed by atoms with E-state index in [1.807, 2.05) is 19.1 Å².